The molecule has 3 aromatic rings. The van der Waals surface area contributed by atoms with E-state index in [1.807, 2.05) is 56.3 Å². The number of H-pyrrole nitrogens is 1. The van der Waals surface area contributed by atoms with E-state index in [1.54, 1.807) is 11.9 Å². The molecule has 0 aliphatic heterocycles. The Morgan fingerprint density at radius 3 is 2.70 bits per heavy atom. The number of para-hydroxylation sites is 1. The molecule has 5 heteroatoms. The summed E-state index contributed by atoms with van der Waals surface area (Å²) in [7, 11) is 1.80. The van der Waals surface area contributed by atoms with E-state index in [-0.39, 0.29) is 11.2 Å². The van der Waals surface area contributed by atoms with Gasteiger partial charge in [0.1, 0.15) is 0 Å². The summed E-state index contributed by atoms with van der Waals surface area (Å²) < 4.78 is 0. The lowest BCUT2D eigenvalue weighted by molar-refractivity contribution is -0.117. The predicted octanol–water partition coefficient (Wildman–Crippen LogP) is 4.01. The number of rotatable bonds is 4. The van der Waals surface area contributed by atoms with Gasteiger partial charge in [-0.2, -0.15) is 0 Å². The zero-order chi connectivity index (χ0) is 16.4. The molecule has 0 saturated carbocycles. The van der Waals surface area contributed by atoms with Crippen molar-refractivity contribution in [2.45, 2.75) is 24.3 Å². The molecule has 0 aliphatic carbocycles. The Morgan fingerprint density at radius 1 is 1.22 bits per heavy atom. The second-order valence-electron chi connectivity index (χ2n) is 5.56. The molecule has 118 valence electrons. The molecular weight excluding hydrogens is 306 g/mol. The van der Waals surface area contributed by atoms with Crippen molar-refractivity contribution >= 4 is 34.4 Å². The van der Waals surface area contributed by atoms with Crippen LogP contribution in [-0.2, 0) is 4.79 Å². The quantitative estimate of drug-likeness (QED) is 0.737. The van der Waals surface area contributed by atoms with Crippen LogP contribution in [0.25, 0.3) is 11.0 Å². The fourth-order valence-corrected chi connectivity index (χ4v) is 3.34. The van der Waals surface area contributed by atoms with Crippen molar-refractivity contribution in [3.8, 4) is 0 Å². The van der Waals surface area contributed by atoms with E-state index in [0.717, 1.165) is 21.9 Å². The average molecular weight is 325 g/mol. The topological polar surface area (TPSA) is 49.0 Å². The van der Waals surface area contributed by atoms with Crippen LogP contribution in [0.2, 0.25) is 0 Å². The molecule has 0 fully saturated rings. The lowest BCUT2D eigenvalue weighted by atomic mass is 10.2. The average Bonchev–Trinajstić information content (AvgIpc) is 2.95. The van der Waals surface area contributed by atoms with Crippen LogP contribution in [0.5, 0.6) is 0 Å². The summed E-state index contributed by atoms with van der Waals surface area (Å²) in [6, 6.07) is 15.8. The first-order chi connectivity index (χ1) is 11.0. The van der Waals surface area contributed by atoms with Gasteiger partial charge in [-0.05, 0) is 43.7 Å². The summed E-state index contributed by atoms with van der Waals surface area (Å²) in [5, 5.41) is 0.551. The Balaban J connectivity index is 1.74. The van der Waals surface area contributed by atoms with E-state index >= 15 is 0 Å². The van der Waals surface area contributed by atoms with Crippen LogP contribution in [0, 0.1) is 6.92 Å². The van der Waals surface area contributed by atoms with Gasteiger partial charge in [0, 0.05) is 12.7 Å². The highest BCUT2D eigenvalue weighted by Gasteiger charge is 2.21. The van der Waals surface area contributed by atoms with Crippen molar-refractivity contribution in [1.82, 2.24) is 9.97 Å². The number of anilines is 1. The van der Waals surface area contributed by atoms with E-state index in [0.29, 0.717) is 0 Å². The third-order valence-corrected chi connectivity index (χ3v) is 4.70. The van der Waals surface area contributed by atoms with Crippen LogP contribution < -0.4 is 4.90 Å². The fraction of sp³-hybridized carbons (Fsp3) is 0.222. The Morgan fingerprint density at radius 2 is 1.96 bits per heavy atom. The molecule has 0 saturated heterocycles. The van der Waals surface area contributed by atoms with Crippen LogP contribution in [-0.4, -0.2) is 28.2 Å². The number of amides is 1. The van der Waals surface area contributed by atoms with Gasteiger partial charge in [0.15, 0.2) is 5.16 Å². The lowest BCUT2D eigenvalue weighted by Crippen LogP contribution is -2.33. The number of aromatic nitrogens is 2. The highest BCUT2D eigenvalue weighted by Crippen LogP contribution is 2.26. The van der Waals surface area contributed by atoms with Gasteiger partial charge in [0.25, 0.3) is 0 Å². The predicted molar refractivity (Wildman–Crippen MR) is 96.0 cm³/mol. The van der Waals surface area contributed by atoms with E-state index in [4.69, 9.17) is 0 Å². The fourth-order valence-electron chi connectivity index (χ4n) is 2.43. The summed E-state index contributed by atoms with van der Waals surface area (Å²) in [6.45, 7) is 3.96. The van der Waals surface area contributed by atoms with Gasteiger partial charge >= 0.3 is 0 Å². The zero-order valence-corrected chi connectivity index (χ0v) is 14.2. The van der Waals surface area contributed by atoms with Crippen molar-refractivity contribution in [1.29, 1.82) is 0 Å². The number of hydrogen-bond acceptors (Lipinski definition) is 3. The van der Waals surface area contributed by atoms with Gasteiger partial charge in [0.2, 0.25) is 5.91 Å². The molecule has 0 spiro atoms. The van der Waals surface area contributed by atoms with Crippen molar-refractivity contribution in [3.05, 3.63) is 54.1 Å². The minimum atomic E-state index is -0.220. The van der Waals surface area contributed by atoms with E-state index < -0.39 is 0 Å². The summed E-state index contributed by atoms with van der Waals surface area (Å²) >= 11 is 1.45. The molecule has 0 bridgehead atoms. The first-order valence-corrected chi connectivity index (χ1v) is 8.38. The van der Waals surface area contributed by atoms with Gasteiger partial charge in [0.05, 0.1) is 16.3 Å². The van der Waals surface area contributed by atoms with Gasteiger partial charge in [-0.25, -0.2) is 4.98 Å². The molecule has 23 heavy (non-hydrogen) atoms. The second-order valence-corrected chi connectivity index (χ2v) is 6.88. The van der Waals surface area contributed by atoms with Crippen molar-refractivity contribution < 1.29 is 4.79 Å². The maximum atomic E-state index is 12.6. The zero-order valence-electron chi connectivity index (χ0n) is 13.4. The number of nitrogens with one attached hydrogen (secondary N) is 1. The first kappa shape index (κ1) is 15.6. The molecule has 0 aliphatic rings. The van der Waals surface area contributed by atoms with Gasteiger partial charge in [-0.3, -0.25) is 4.79 Å². The molecule has 2 aromatic carbocycles. The number of carbonyl (C=O) groups is 1. The maximum Gasteiger partial charge on any atom is 0.240 e. The van der Waals surface area contributed by atoms with Gasteiger partial charge in [-0.1, -0.05) is 36.0 Å². The first-order valence-electron chi connectivity index (χ1n) is 7.50. The van der Waals surface area contributed by atoms with Crippen LogP contribution in [0.1, 0.15) is 12.5 Å². The van der Waals surface area contributed by atoms with Gasteiger partial charge in [-0.15, -0.1) is 0 Å². The van der Waals surface area contributed by atoms with Crippen LogP contribution in [0.3, 0.4) is 0 Å². The third kappa shape index (κ3) is 3.40. The van der Waals surface area contributed by atoms with E-state index in [1.165, 1.54) is 17.3 Å². The number of thioether (sulfide) groups is 1. The molecule has 4 nitrogen and oxygen atoms in total. The second kappa shape index (κ2) is 6.46. The number of fused-ring (bicyclic) bond motifs is 1. The normalized spacial score (nSPS) is 12.3. The standard InChI is InChI=1S/C18H19N3OS/c1-12-9-10-15-16(11-12)20-18(19-15)23-13(2)17(22)21(3)14-7-5-4-6-8-14/h4-11,13H,1-3H3,(H,19,20)/t13-/m1/s1. The number of imidazole rings is 1. The minimum Gasteiger partial charge on any atom is -0.333 e. The molecule has 1 amide bonds. The smallest absolute Gasteiger partial charge is 0.240 e. The Kier molecular flexibility index (Phi) is 4.39. The molecule has 1 atom stereocenters. The maximum absolute atomic E-state index is 12.6. The minimum absolute atomic E-state index is 0.0536. The molecule has 1 heterocycles. The SMILES string of the molecule is Cc1ccc2nc(S[C@H](C)C(=O)N(C)c3ccccc3)[nH]c2c1. The number of aromatic amines is 1. The van der Waals surface area contributed by atoms with Crippen molar-refractivity contribution in [2.24, 2.45) is 0 Å². The van der Waals surface area contributed by atoms with Gasteiger partial charge < -0.3 is 9.88 Å². The Hall–Kier alpha value is -2.27. The van der Waals surface area contributed by atoms with E-state index in [9.17, 15) is 4.79 Å². The van der Waals surface area contributed by atoms with E-state index in [2.05, 4.69) is 16.0 Å². The number of benzene rings is 2. The highest BCUT2D eigenvalue weighted by atomic mass is 32.2. The van der Waals surface area contributed by atoms with Crippen molar-refractivity contribution in [3.63, 3.8) is 0 Å². The van der Waals surface area contributed by atoms with Crippen LogP contribution in [0.4, 0.5) is 5.69 Å². The summed E-state index contributed by atoms with van der Waals surface area (Å²) in [6.07, 6.45) is 0. The third-order valence-electron chi connectivity index (χ3n) is 3.73. The number of carbonyl (C=O) groups excluding carboxylic acids is 1. The summed E-state index contributed by atoms with van der Waals surface area (Å²) in [5.74, 6) is 0.0536. The molecule has 0 radical (unpaired) electrons. The highest BCUT2D eigenvalue weighted by molar-refractivity contribution is 8.00. The largest absolute Gasteiger partial charge is 0.333 e. The Bertz CT molecular complexity index is 829. The molecule has 3 rings (SSSR count). The number of aryl methyl sites for hydroxylation is 1. The number of nitrogens with zero attached hydrogens (tertiary/aromatic N) is 2. The summed E-state index contributed by atoms with van der Waals surface area (Å²) in [5.41, 5.74) is 4.01. The van der Waals surface area contributed by atoms with Crippen LogP contribution >= 0.6 is 11.8 Å². The van der Waals surface area contributed by atoms with Crippen LogP contribution in [0.15, 0.2) is 53.7 Å². The summed E-state index contributed by atoms with van der Waals surface area (Å²) in [4.78, 5) is 22.1. The number of hydrogen-bond donors (Lipinski definition) is 1. The lowest BCUT2D eigenvalue weighted by Gasteiger charge is -2.20. The monoisotopic (exact) mass is 325 g/mol. The molecule has 0 unspecified atom stereocenters. The Labute approximate surface area is 139 Å². The molecular formula is C18H19N3OS. The van der Waals surface area contributed by atoms with Crippen molar-refractivity contribution in [2.75, 3.05) is 11.9 Å². The molecule has 1 N–H and O–H groups in total. The molecule has 1 aromatic heterocycles.